The number of aliphatic carboxylic acids is 1. The molecule has 94 valence electrons. The Balaban J connectivity index is 2.48. The fourth-order valence-electron chi connectivity index (χ4n) is 1.36. The summed E-state index contributed by atoms with van der Waals surface area (Å²) in [6.45, 7) is 2.40. The average Bonchev–Trinajstić information content (AvgIpc) is 2.33. The van der Waals surface area contributed by atoms with Gasteiger partial charge in [-0.1, -0.05) is 31.9 Å². The van der Waals surface area contributed by atoms with E-state index in [9.17, 15) is 4.79 Å². The Morgan fingerprint density at radius 1 is 1.18 bits per heavy atom. The molecular formula is C13H18O4. The molecule has 0 bridgehead atoms. The van der Waals surface area contributed by atoms with Gasteiger partial charge < -0.3 is 14.6 Å². The summed E-state index contributed by atoms with van der Waals surface area (Å²) in [5, 5.41) is 8.55. The van der Waals surface area contributed by atoms with E-state index in [4.69, 9.17) is 14.6 Å². The van der Waals surface area contributed by atoms with Crippen LogP contribution in [0.5, 0.6) is 11.5 Å². The third kappa shape index (κ3) is 5.24. The van der Waals surface area contributed by atoms with Crippen LogP contribution in [0, 0.1) is 0 Å². The largest absolute Gasteiger partial charge is 0.490 e. The first kappa shape index (κ1) is 13.4. The van der Waals surface area contributed by atoms with Crippen LogP contribution in [0.25, 0.3) is 0 Å². The molecule has 0 aliphatic carbocycles. The molecule has 0 fully saturated rings. The van der Waals surface area contributed by atoms with Crippen molar-refractivity contribution in [2.45, 2.75) is 26.2 Å². The number of ether oxygens (including phenoxy) is 2. The molecule has 0 saturated carbocycles. The number of carbonyl (C=O) groups is 1. The van der Waals surface area contributed by atoms with Crippen molar-refractivity contribution in [2.24, 2.45) is 0 Å². The van der Waals surface area contributed by atoms with E-state index in [1.807, 2.05) is 6.07 Å². The van der Waals surface area contributed by atoms with Crippen LogP contribution in [-0.2, 0) is 4.79 Å². The second kappa shape index (κ2) is 7.54. The highest BCUT2D eigenvalue weighted by Gasteiger charge is 2.05. The van der Waals surface area contributed by atoms with Gasteiger partial charge in [0.05, 0.1) is 6.61 Å². The monoisotopic (exact) mass is 238 g/mol. The Hall–Kier alpha value is -1.71. The molecule has 1 aromatic rings. The van der Waals surface area contributed by atoms with Gasteiger partial charge in [-0.3, -0.25) is 0 Å². The van der Waals surface area contributed by atoms with E-state index in [-0.39, 0.29) is 6.61 Å². The lowest BCUT2D eigenvalue weighted by Gasteiger charge is -2.11. The van der Waals surface area contributed by atoms with Crippen molar-refractivity contribution in [3.63, 3.8) is 0 Å². The van der Waals surface area contributed by atoms with Crippen LogP contribution < -0.4 is 9.47 Å². The maximum atomic E-state index is 10.4. The van der Waals surface area contributed by atoms with E-state index in [2.05, 4.69) is 6.92 Å². The Bertz CT molecular complexity index is 349. The molecule has 1 N–H and O–H groups in total. The van der Waals surface area contributed by atoms with Gasteiger partial charge in [0, 0.05) is 0 Å². The number of carboxylic acids is 1. The minimum absolute atomic E-state index is 0.352. The molecule has 0 aliphatic rings. The summed E-state index contributed by atoms with van der Waals surface area (Å²) in [5.41, 5.74) is 0. The number of benzene rings is 1. The lowest BCUT2D eigenvalue weighted by Crippen LogP contribution is -2.10. The van der Waals surface area contributed by atoms with Crippen LogP contribution in [0.3, 0.4) is 0 Å². The summed E-state index contributed by atoms with van der Waals surface area (Å²) in [4.78, 5) is 10.4. The van der Waals surface area contributed by atoms with Crippen LogP contribution in [0.2, 0.25) is 0 Å². The summed E-state index contributed by atoms with van der Waals surface area (Å²) in [6, 6.07) is 7.11. The first-order valence-corrected chi connectivity index (χ1v) is 5.80. The molecule has 4 nitrogen and oxygen atoms in total. The van der Waals surface area contributed by atoms with Crippen molar-refractivity contribution in [3.05, 3.63) is 24.3 Å². The van der Waals surface area contributed by atoms with Crippen LogP contribution in [0.15, 0.2) is 24.3 Å². The van der Waals surface area contributed by atoms with Gasteiger partial charge >= 0.3 is 5.97 Å². The topological polar surface area (TPSA) is 55.8 Å². The summed E-state index contributed by atoms with van der Waals surface area (Å²) in [7, 11) is 0. The summed E-state index contributed by atoms with van der Waals surface area (Å²) in [6.07, 6.45) is 3.25. The summed E-state index contributed by atoms with van der Waals surface area (Å²) in [5.74, 6) is 0.0852. The first-order valence-electron chi connectivity index (χ1n) is 5.80. The molecule has 0 saturated heterocycles. The van der Waals surface area contributed by atoms with Crippen molar-refractivity contribution >= 4 is 5.97 Å². The fourth-order valence-corrected chi connectivity index (χ4v) is 1.36. The highest BCUT2D eigenvalue weighted by atomic mass is 16.5. The first-order chi connectivity index (χ1) is 8.24. The van der Waals surface area contributed by atoms with Crippen molar-refractivity contribution in [1.29, 1.82) is 0 Å². The minimum Gasteiger partial charge on any atom is -0.490 e. The molecule has 4 heteroatoms. The van der Waals surface area contributed by atoms with Crippen LogP contribution >= 0.6 is 0 Å². The molecule has 0 radical (unpaired) electrons. The predicted molar refractivity (Wildman–Crippen MR) is 64.6 cm³/mol. The lowest BCUT2D eigenvalue weighted by molar-refractivity contribution is -0.139. The number of hydrogen-bond acceptors (Lipinski definition) is 3. The Kier molecular flexibility index (Phi) is 5.93. The molecule has 0 heterocycles. The van der Waals surface area contributed by atoms with Crippen molar-refractivity contribution in [1.82, 2.24) is 0 Å². The number of para-hydroxylation sites is 2. The fraction of sp³-hybridized carbons (Fsp3) is 0.462. The molecule has 1 rings (SSSR count). The maximum absolute atomic E-state index is 10.4. The lowest BCUT2D eigenvalue weighted by atomic mass is 10.2. The molecule has 0 aromatic heterocycles. The van der Waals surface area contributed by atoms with Gasteiger partial charge in [-0.15, -0.1) is 0 Å². The Morgan fingerprint density at radius 3 is 2.41 bits per heavy atom. The van der Waals surface area contributed by atoms with Gasteiger partial charge in [-0.2, -0.15) is 0 Å². The highest BCUT2D eigenvalue weighted by molar-refractivity contribution is 5.68. The standard InChI is InChI=1S/C13H18O4/c1-2-3-6-9-16-11-7-4-5-8-12(11)17-10-13(14)15/h4-5,7-8H,2-3,6,9-10H2,1H3,(H,14,15). The molecule has 0 spiro atoms. The van der Waals surface area contributed by atoms with E-state index < -0.39 is 5.97 Å². The zero-order chi connectivity index (χ0) is 12.5. The van der Waals surface area contributed by atoms with Crippen molar-refractivity contribution < 1.29 is 19.4 Å². The second-order valence-corrected chi connectivity index (χ2v) is 3.68. The number of rotatable bonds is 8. The second-order valence-electron chi connectivity index (χ2n) is 3.68. The number of hydrogen-bond donors (Lipinski definition) is 1. The molecule has 0 aliphatic heterocycles. The zero-order valence-electron chi connectivity index (χ0n) is 10.0. The summed E-state index contributed by atoms with van der Waals surface area (Å²) < 4.78 is 10.7. The molecule has 0 unspecified atom stereocenters. The average molecular weight is 238 g/mol. The van der Waals surface area contributed by atoms with E-state index >= 15 is 0 Å². The highest BCUT2D eigenvalue weighted by Crippen LogP contribution is 2.26. The van der Waals surface area contributed by atoms with Crippen molar-refractivity contribution in [3.8, 4) is 11.5 Å². The van der Waals surface area contributed by atoms with Gasteiger partial charge in [-0.25, -0.2) is 4.79 Å². The van der Waals surface area contributed by atoms with Gasteiger partial charge in [0.1, 0.15) is 0 Å². The van der Waals surface area contributed by atoms with Crippen LogP contribution in [0.4, 0.5) is 0 Å². The maximum Gasteiger partial charge on any atom is 0.341 e. The zero-order valence-corrected chi connectivity index (χ0v) is 10.0. The van der Waals surface area contributed by atoms with E-state index in [1.54, 1.807) is 18.2 Å². The minimum atomic E-state index is -0.995. The van der Waals surface area contributed by atoms with Gasteiger partial charge in [0.25, 0.3) is 0 Å². The Morgan fingerprint density at radius 2 is 1.82 bits per heavy atom. The molecule has 1 aromatic carbocycles. The predicted octanol–water partition coefficient (Wildman–Crippen LogP) is 2.72. The van der Waals surface area contributed by atoms with E-state index in [1.165, 1.54) is 0 Å². The number of carboxylic acid groups (broad SMARTS) is 1. The normalized spacial score (nSPS) is 9.94. The van der Waals surface area contributed by atoms with E-state index in [0.717, 1.165) is 19.3 Å². The Labute approximate surface area is 101 Å². The quantitative estimate of drug-likeness (QED) is 0.707. The molecule has 0 atom stereocenters. The molecule has 17 heavy (non-hydrogen) atoms. The van der Waals surface area contributed by atoms with Gasteiger partial charge in [0.15, 0.2) is 18.1 Å². The van der Waals surface area contributed by atoms with E-state index in [0.29, 0.717) is 18.1 Å². The third-order valence-corrected chi connectivity index (χ3v) is 2.21. The molecule has 0 amide bonds. The summed E-state index contributed by atoms with van der Waals surface area (Å²) >= 11 is 0. The third-order valence-electron chi connectivity index (χ3n) is 2.21. The van der Waals surface area contributed by atoms with Gasteiger partial charge in [0.2, 0.25) is 0 Å². The van der Waals surface area contributed by atoms with Crippen LogP contribution in [-0.4, -0.2) is 24.3 Å². The smallest absolute Gasteiger partial charge is 0.341 e. The SMILES string of the molecule is CCCCCOc1ccccc1OCC(=O)O. The van der Waals surface area contributed by atoms with Crippen molar-refractivity contribution in [2.75, 3.05) is 13.2 Å². The van der Waals surface area contributed by atoms with Crippen LogP contribution in [0.1, 0.15) is 26.2 Å². The molecular weight excluding hydrogens is 220 g/mol. The van der Waals surface area contributed by atoms with Gasteiger partial charge in [-0.05, 0) is 18.6 Å². The number of unbranched alkanes of at least 4 members (excludes halogenated alkanes) is 2.